The van der Waals surface area contributed by atoms with E-state index >= 15 is 0 Å². The van der Waals surface area contributed by atoms with E-state index in [4.69, 9.17) is 9.25 Å². The molecule has 0 atom stereocenters. The fraction of sp³-hybridized carbons (Fsp3) is 0.500. The van der Waals surface area contributed by atoms with Gasteiger partial charge in [0.25, 0.3) is 0 Å². The van der Waals surface area contributed by atoms with Crippen molar-refractivity contribution in [2.45, 2.75) is 13.3 Å². The third kappa shape index (κ3) is 2.74. The van der Waals surface area contributed by atoms with E-state index in [1.54, 1.807) is 7.05 Å². The van der Waals surface area contributed by atoms with Crippen molar-refractivity contribution >= 4 is 0 Å². The van der Waals surface area contributed by atoms with Crippen LogP contribution < -0.4 is 5.48 Å². The van der Waals surface area contributed by atoms with Crippen molar-refractivity contribution < 1.29 is 9.25 Å². The Balaban J connectivity index is 2.27. The fourth-order valence-electron chi connectivity index (χ4n) is 0.873. The van der Waals surface area contributed by atoms with Gasteiger partial charge in [-0.15, -0.1) is 0 Å². The Morgan fingerprint density at radius 2 is 2.36 bits per heavy atom. The number of hydrogen-bond acceptors (Lipinski definition) is 3. The molecule has 3 heteroatoms. The number of rotatable bonds is 4. The number of nitrogens with one attached hydrogen (secondary N) is 1. The predicted molar refractivity (Wildman–Crippen MR) is 42.2 cm³/mol. The summed E-state index contributed by atoms with van der Waals surface area (Å²) in [6.07, 6.45) is 0.814. The van der Waals surface area contributed by atoms with Crippen LogP contribution in [0.4, 0.5) is 0 Å². The highest BCUT2D eigenvalue weighted by atomic mass is 16.6. The lowest BCUT2D eigenvalue weighted by Crippen LogP contribution is -2.09. The first-order chi connectivity index (χ1) is 5.33. The Morgan fingerprint density at radius 1 is 1.55 bits per heavy atom. The van der Waals surface area contributed by atoms with E-state index in [1.807, 2.05) is 19.1 Å². The second-order valence-electron chi connectivity index (χ2n) is 2.31. The van der Waals surface area contributed by atoms with Gasteiger partial charge in [-0.2, -0.15) is 0 Å². The van der Waals surface area contributed by atoms with Gasteiger partial charge in [-0.1, -0.05) is 0 Å². The molecule has 0 saturated carbocycles. The molecule has 1 N–H and O–H groups in total. The van der Waals surface area contributed by atoms with Gasteiger partial charge in [0.2, 0.25) is 0 Å². The van der Waals surface area contributed by atoms with E-state index in [0.29, 0.717) is 6.61 Å². The normalized spacial score (nSPS) is 10.4. The fourth-order valence-corrected chi connectivity index (χ4v) is 0.873. The maximum atomic E-state index is 5.32. The summed E-state index contributed by atoms with van der Waals surface area (Å²) in [6.45, 7) is 2.58. The zero-order valence-electron chi connectivity index (χ0n) is 6.89. The minimum absolute atomic E-state index is 0.642. The van der Waals surface area contributed by atoms with E-state index in [-0.39, 0.29) is 0 Å². The lowest BCUT2D eigenvalue weighted by atomic mass is 10.3. The minimum Gasteiger partial charge on any atom is -0.466 e. The molecule has 1 heterocycles. The largest absolute Gasteiger partial charge is 0.466 e. The Hall–Kier alpha value is -0.800. The van der Waals surface area contributed by atoms with Crippen molar-refractivity contribution in [1.82, 2.24) is 5.48 Å². The summed E-state index contributed by atoms with van der Waals surface area (Å²) in [7, 11) is 1.74. The van der Waals surface area contributed by atoms with Crippen LogP contribution in [0.1, 0.15) is 11.5 Å². The van der Waals surface area contributed by atoms with Gasteiger partial charge in [0.15, 0.2) is 0 Å². The first-order valence-corrected chi connectivity index (χ1v) is 3.67. The zero-order valence-corrected chi connectivity index (χ0v) is 6.89. The highest BCUT2D eigenvalue weighted by molar-refractivity contribution is 5.05. The summed E-state index contributed by atoms with van der Waals surface area (Å²) in [6, 6.07) is 3.92. The molecule has 1 aromatic heterocycles. The second-order valence-corrected chi connectivity index (χ2v) is 2.31. The summed E-state index contributed by atoms with van der Waals surface area (Å²) in [5.41, 5.74) is 2.60. The molecule has 0 fully saturated rings. The molecule has 0 unspecified atom stereocenters. The molecule has 0 saturated heterocycles. The third-order valence-corrected chi connectivity index (χ3v) is 1.39. The Bertz CT molecular complexity index is 208. The van der Waals surface area contributed by atoms with Crippen LogP contribution in [0.5, 0.6) is 0 Å². The molecule has 0 bridgehead atoms. The van der Waals surface area contributed by atoms with Gasteiger partial charge in [-0.3, -0.25) is 0 Å². The zero-order chi connectivity index (χ0) is 8.10. The maximum absolute atomic E-state index is 5.32. The van der Waals surface area contributed by atoms with Crippen molar-refractivity contribution in [3.63, 3.8) is 0 Å². The summed E-state index contributed by atoms with van der Waals surface area (Å²) < 4.78 is 5.32. The molecule has 0 aromatic carbocycles. The first-order valence-electron chi connectivity index (χ1n) is 3.67. The van der Waals surface area contributed by atoms with Crippen LogP contribution in [0.25, 0.3) is 0 Å². The maximum Gasteiger partial charge on any atom is 0.106 e. The molecule has 0 amide bonds. The smallest absolute Gasteiger partial charge is 0.106 e. The van der Waals surface area contributed by atoms with Crippen LogP contribution in [0.3, 0.4) is 0 Å². The van der Waals surface area contributed by atoms with Crippen LogP contribution in [0, 0.1) is 6.92 Å². The summed E-state index contributed by atoms with van der Waals surface area (Å²) in [5.74, 6) is 1.92. The highest BCUT2D eigenvalue weighted by Gasteiger charge is 1.96. The van der Waals surface area contributed by atoms with Crippen molar-refractivity contribution in [2.75, 3.05) is 13.7 Å². The van der Waals surface area contributed by atoms with Gasteiger partial charge in [0, 0.05) is 13.5 Å². The summed E-state index contributed by atoms with van der Waals surface area (Å²) >= 11 is 0. The van der Waals surface area contributed by atoms with Crippen LogP contribution >= 0.6 is 0 Å². The quantitative estimate of drug-likeness (QED) is 0.525. The molecule has 0 aliphatic carbocycles. The number of hydrogen-bond donors (Lipinski definition) is 1. The number of hydroxylamine groups is 1. The van der Waals surface area contributed by atoms with Crippen LogP contribution in [0.2, 0.25) is 0 Å². The first kappa shape index (κ1) is 8.30. The molecular weight excluding hydrogens is 142 g/mol. The molecule has 0 aliphatic heterocycles. The van der Waals surface area contributed by atoms with Gasteiger partial charge in [0.05, 0.1) is 6.61 Å². The molecular formula is C8H13NO2. The number of aryl methyl sites for hydroxylation is 1. The Morgan fingerprint density at radius 3 is 2.91 bits per heavy atom. The SMILES string of the molecule is CNOCCc1ccc(C)o1. The van der Waals surface area contributed by atoms with Crippen molar-refractivity contribution in [3.8, 4) is 0 Å². The van der Waals surface area contributed by atoms with Crippen LogP contribution in [-0.2, 0) is 11.3 Å². The van der Waals surface area contributed by atoms with E-state index in [0.717, 1.165) is 17.9 Å². The van der Waals surface area contributed by atoms with Gasteiger partial charge in [0.1, 0.15) is 11.5 Å². The van der Waals surface area contributed by atoms with Crippen LogP contribution in [-0.4, -0.2) is 13.7 Å². The average Bonchev–Trinajstić information content (AvgIpc) is 2.37. The van der Waals surface area contributed by atoms with Gasteiger partial charge in [-0.05, 0) is 19.1 Å². The topological polar surface area (TPSA) is 34.4 Å². The monoisotopic (exact) mass is 155 g/mol. The van der Waals surface area contributed by atoms with Crippen LogP contribution in [0.15, 0.2) is 16.5 Å². The number of furan rings is 1. The van der Waals surface area contributed by atoms with Crippen molar-refractivity contribution in [3.05, 3.63) is 23.7 Å². The molecule has 11 heavy (non-hydrogen) atoms. The predicted octanol–water partition coefficient (Wildman–Crippen LogP) is 1.28. The standard InChI is InChI=1S/C8H13NO2/c1-7-3-4-8(11-7)5-6-10-9-2/h3-4,9H,5-6H2,1-2H3. The molecule has 3 nitrogen and oxygen atoms in total. The molecule has 0 aliphatic rings. The Kier molecular flexibility index (Phi) is 3.14. The van der Waals surface area contributed by atoms with Gasteiger partial charge >= 0.3 is 0 Å². The summed E-state index contributed by atoms with van der Waals surface area (Å²) in [5, 5.41) is 0. The second kappa shape index (κ2) is 4.16. The van der Waals surface area contributed by atoms with E-state index < -0.39 is 0 Å². The molecule has 0 radical (unpaired) electrons. The lowest BCUT2D eigenvalue weighted by molar-refractivity contribution is 0.0580. The third-order valence-electron chi connectivity index (χ3n) is 1.39. The van der Waals surface area contributed by atoms with Crippen molar-refractivity contribution in [2.24, 2.45) is 0 Å². The van der Waals surface area contributed by atoms with Crippen molar-refractivity contribution in [1.29, 1.82) is 0 Å². The molecule has 0 spiro atoms. The van der Waals surface area contributed by atoms with E-state index in [1.165, 1.54) is 0 Å². The van der Waals surface area contributed by atoms with Gasteiger partial charge < -0.3 is 9.25 Å². The molecule has 1 rings (SSSR count). The van der Waals surface area contributed by atoms with E-state index in [2.05, 4.69) is 5.48 Å². The Labute approximate surface area is 66.3 Å². The molecule has 62 valence electrons. The van der Waals surface area contributed by atoms with E-state index in [9.17, 15) is 0 Å². The minimum atomic E-state index is 0.642. The lowest BCUT2D eigenvalue weighted by Gasteiger charge is -1.97. The summed E-state index contributed by atoms with van der Waals surface area (Å²) in [4.78, 5) is 4.94. The highest BCUT2D eigenvalue weighted by Crippen LogP contribution is 2.06. The van der Waals surface area contributed by atoms with Gasteiger partial charge in [-0.25, -0.2) is 5.48 Å². The average molecular weight is 155 g/mol. The molecule has 1 aromatic rings.